The number of nitrogens with zero attached hydrogens (tertiary/aromatic N) is 1. The molecule has 1 saturated heterocycles. The molecule has 24 heavy (non-hydrogen) atoms. The lowest BCUT2D eigenvalue weighted by Crippen LogP contribution is -2.45. The number of nitrogens with one attached hydrogen (secondary N) is 2. The van der Waals surface area contributed by atoms with Crippen molar-refractivity contribution in [1.29, 1.82) is 0 Å². The second-order valence-corrected chi connectivity index (χ2v) is 5.76. The molecule has 1 aromatic heterocycles. The lowest BCUT2D eigenvalue weighted by molar-refractivity contribution is -0.128. The topological polar surface area (TPSA) is 72.5 Å². The Balaban J connectivity index is 1.58. The second-order valence-electron chi connectivity index (χ2n) is 5.35. The molecule has 2 heterocycles. The van der Waals surface area contributed by atoms with Crippen LogP contribution in [-0.4, -0.2) is 36.7 Å². The summed E-state index contributed by atoms with van der Waals surface area (Å²) in [5.41, 5.74) is 1.56. The lowest BCUT2D eigenvalue weighted by Gasteiger charge is -2.22. The van der Waals surface area contributed by atoms with Gasteiger partial charge in [-0.1, -0.05) is 17.7 Å². The molecule has 3 rings (SSSR count). The van der Waals surface area contributed by atoms with Gasteiger partial charge in [0.1, 0.15) is 18.5 Å². The maximum Gasteiger partial charge on any atom is 0.254 e. The third kappa shape index (κ3) is 4.44. The van der Waals surface area contributed by atoms with Crippen LogP contribution in [0.2, 0.25) is 5.02 Å². The number of anilines is 1. The Labute approximate surface area is 145 Å². The smallest absolute Gasteiger partial charge is 0.254 e. The van der Waals surface area contributed by atoms with Gasteiger partial charge in [0.25, 0.3) is 5.91 Å². The van der Waals surface area contributed by atoms with Crippen LogP contribution in [0.4, 0.5) is 5.69 Å². The fourth-order valence-corrected chi connectivity index (χ4v) is 2.53. The third-order valence-corrected chi connectivity index (χ3v) is 3.83. The van der Waals surface area contributed by atoms with E-state index in [0.717, 1.165) is 12.1 Å². The van der Waals surface area contributed by atoms with Crippen LogP contribution < -0.4 is 15.4 Å². The van der Waals surface area contributed by atoms with Crippen molar-refractivity contribution in [3.8, 4) is 5.75 Å². The van der Waals surface area contributed by atoms with Crippen LogP contribution in [0.3, 0.4) is 0 Å². The second kappa shape index (κ2) is 8.10. The highest BCUT2D eigenvalue weighted by Crippen LogP contribution is 2.28. The molecule has 1 aliphatic rings. The maximum absolute atomic E-state index is 12.1. The van der Waals surface area contributed by atoms with Crippen LogP contribution in [0.15, 0.2) is 42.7 Å². The number of halogens is 1. The number of morpholine rings is 1. The molecule has 2 N–H and O–H groups in total. The quantitative estimate of drug-likeness (QED) is 0.868. The number of ether oxygens (including phenoxy) is 2. The minimum Gasteiger partial charge on any atom is -0.487 e. The Bertz CT molecular complexity index is 691. The van der Waals surface area contributed by atoms with E-state index in [9.17, 15) is 4.79 Å². The van der Waals surface area contributed by atoms with E-state index in [1.807, 2.05) is 12.1 Å². The van der Waals surface area contributed by atoms with Crippen LogP contribution in [-0.2, 0) is 16.1 Å². The number of pyridine rings is 1. The number of carbonyl (C=O) groups excluding carboxylic acids is 1. The fourth-order valence-electron chi connectivity index (χ4n) is 2.30. The maximum atomic E-state index is 12.1. The molecule has 0 aliphatic carbocycles. The minimum absolute atomic E-state index is 0.192. The van der Waals surface area contributed by atoms with Gasteiger partial charge in [0.05, 0.1) is 11.6 Å². The number of amides is 1. The van der Waals surface area contributed by atoms with Crippen molar-refractivity contribution in [3.63, 3.8) is 0 Å². The largest absolute Gasteiger partial charge is 0.487 e. The molecule has 1 aromatic carbocycles. The molecule has 0 radical (unpaired) electrons. The summed E-state index contributed by atoms with van der Waals surface area (Å²) in [5.74, 6) is 0.358. The van der Waals surface area contributed by atoms with Crippen molar-refractivity contribution in [3.05, 3.63) is 53.3 Å². The monoisotopic (exact) mass is 347 g/mol. The van der Waals surface area contributed by atoms with E-state index in [2.05, 4.69) is 15.6 Å². The minimum atomic E-state index is -0.487. The summed E-state index contributed by atoms with van der Waals surface area (Å²) in [6.07, 6.45) is 2.96. The van der Waals surface area contributed by atoms with Crippen LogP contribution in [0, 0.1) is 0 Å². The predicted molar refractivity (Wildman–Crippen MR) is 91.3 cm³/mol. The average molecular weight is 348 g/mol. The predicted octanol–water partition coefficient (Wildman–Crippen LogP) is 2.24. The molecule has 0 saturated carbocycles. The van der Waals surface area contributed by atoms with Gasteiger partial charge in [-0.2, -0.15) is 0 Å². The van der Waals surface area contributed by atoms with Gasteiger partial charge in [-0.05, 0) is 24.3 Å². The Hall–Kier alpha value is -2.15. The number of hydrogen-bond acceptors (Lipinski definition) is 5. The van der Waals surface area contributed by atoms with Crippen LogP contribution in [0.5, 0.6) is 5.75 Å². The highest BCUT2D eigenvalue weighted by Gasteiger charge is 2.21. The standard InChI is InChI=1S/C17H18ClN3O3/c18-14-8-13(21-17(22)16-10-20-6-7-23-16)3-4-15(14)24-11-12-2-1-5-19-9-12/h1-5,8-9,16,20H,6-7,10-11H2,(H,21,22). The van der Waals surface area contributed by atoms with E-state index in [1.165, 1.54) is 0 Å². The fraction of sp³-hybridized carbons (Fsp3) is 0.294. The van der Waals surface area contributed by atoms with Gasteiger partial charge < -0.3 is 20.1 Å². The van der Waals surface area contributed by atoms with Crippen molar-refractivity contribution in [2.45, 2.75) is 12.7 Å². The molecule has 1 aliphatic heterocycles. The Morgan fingerprint density at radius 1 is 1.46 bits per heavy atom. The Kier molecular flexibility index (Phi) is 5.63. The summed E-state index contributed by atoms with van der Waals surface area (Å²) in [6, 6.07) is 8.91. The molecule has 1 amide bonds. The summed E-state index contributed by atoms with van der Waals surface area (Å²) >= 11 is 6.23. The molecule has 0 spiro atoms. The first kappa shape index (κ1) is 16.7. The summed E-state index contributed by atoms with van der Waals surface area (Å²) < 4.78 is 11.1. The highest BCUT2D eigenvalue weighted by atomic mass is 35.5. The average Bonchev–Trinajstić information content (AvgIpc) is 2.62. The van der Waals surface area contributed by atoms with Gasteiger partial charge >= 0.3 is 0 Å². The number of aromatic nitrogens is 1. The van der Waals surface area contributed by atoms with Crippen molar-refractivity contribution in [2.24, 2.45) is 0 Å². The van der Waals surface area contributed by atoms with E-state index >= 15 is 0 Å². The molecule has 126 valence electrons. The van der Waals surface area contributed by atoms with Crippen molar-refractivity contribution in [2.75, 3.05) is 25.0 Å². The molecule has 0 bridgehead atoms. The Morgan fingerprint density at radius 3 is 3.08 bits per heavy atom. The normalized spacial score (nSPS) is 17.3. The van der Waals surface area contributed by atoms with Gasteiger partial charge in [0, 0.05) is 36.7 Å². The van der Waals surface area contributed by atoms with Crippen LogP contribution >= 0.6 is 11.6 Å². The molecule has 6 nitrogen and oxygen atoms in total. The molecule has 7 heteroatoms. The van der Waals surface area contributed by atoms with E-state index < -0.39 is 6.10 Å². The van der Waals surface area contributed by atoms with Gasteiger partial charge in [0.15, 0.2) is 0 Å². The van der Waals surface area contributed by atoms with Gasteiger partial charge in [-0.3, -0.25) is 9.78 Å². The number of rotatable bonds is 5. The van der Waals surface area contributed by atoms with Crippen molar-refractivity contribution < 1.29 is 14.3 Å². The zero-order chi connectivity index (χ0) is 16.8. The molecule has 1 unspecified atom stereocenters. The molecule has 1 atom stereocenters. The molecular formula is C17H18ClN3O3. The molecular weight excluding hydrogens is 330 g/mol. The van der Waals surface area contributed by atoms with Gasteiger partial charge in [-0.25, -0.2) is 0 Å². The Morgan fingerprint density at radius 2 is 2.38 bits per heavy atom. The highest BCUT2D eigenvalue weighted by molar-refractivity contribution is 6.32. The first-order chi connectivity index (χ1) is 11.7. The summed E-state index contributed by atoms with van der Waals surface area (Å²) in [4.78, 5) is 16.2. The summed E-state index contributed by atoms with van der Waals surface area (Å²) in [6.45, 7) is 2.17. The molecule has 1 fully saturated rings. The van der Waals surface area contributed by atoms with Crippen molar-refractivity contribution in [1.82, 2.24) is 10.3 Å². The lowest BCUT2D eigenvalue weighted by atomic mass is 10.2. The third-order valence-electron chi connectivity index (χ3n) is 3.54. The van der Waals surface area contributed by atoms with Crippen LogP contribution in [0.25, 0.3) is 0 Å². The van der Waals surface area contributed by atoms with Gasteiger partial charge in [-0.15, -0.1) is 0 Å². The van der Waals surface area contributed by atoms with Crippen molar-refractivity contribution >= 4 is 23.2 Å². The van der Waals surface area contributed by atoms with Crippen LogP contribution in [0.1, 0.15) is 5.56 Å². The van der Waals surface area contributed by atoms with E-state index in [-0.39, 0.29) is 5.91 Å². The number of carbonyl (C=O) groups is 1. The zero-order valence-corrected chi connectivity index (χ0v) is 13.8. The number of benzene rings is 1. The zero-order valence-electron chi connectivity index (χ0n) is 13.0. The summed E-state index contributed by atoms with van der Waals surface area (Å²) in [5, 5.41) is 6.35. The SMILES string of the molecule is O=C(Nc1ccc(OCc2cccnc2)c(Cl)c1)C1CNCCO1. The van der Waals surface area contributed by atoms with E-state index in [1.54, 1.807) is 30.6 Å². The van der Waals surface area contributed by atoms with E-state index in [4.69, 9.17) is 21.1 Å². The summed E-state index contributed by atoms with van der Waals surface area (Å²) in [7, 11) is 0. The first-order valence-electron chi connectivity index (χ1n) is 7.67. The molecule has 2 aromatic rings. The van der Waals surface area contributed by atoms with E-state index in [0.29, 0.717) is 36.2 Å². The van der Waals surface area contributed by atoms with Gasteiger partial charge in [0.2, 0.25) is 0 Å². The first-order valence-corrected chi connectivity index (χ1v) is 8.04. The number of hydrogen-bond donors (Lipinski definition) is 2.